The summed E-state index contributed by atoms with van der Waals surface area (Å²) in [6.07, 6.45) is 1.18. The molecule has 0 bridgehead atoms. The van der Waals surface area contributed by atoms with Crippen LogP contribution >= 0.6 is 11.3 Å². The number of piperidine rings is 1. The van der Waals surface area contributed by atoms with Gasteiger partial charge in [0.15, 0.2) is 6.61 Å². The number of carbonyl (C=O) groups excluding carboxylic acids is 2. The first-order valence-corrected chi connectivity index (χ1v) is 11.4. The Morgan fingerprint density at radius 2 is 2.03 bits per heavy atom. The quantitative estimate of drug-likeness (QED) is 0.414. The molecule has 3 aromatic rings. The Bertz CT molecular complexity index is 1190. The molecular weight excluding hydrogens is 432 g/mol. The summed E-state index contributed by atoms with van der Waals surface area (Å²) in [5.74, 6) is -0.0567. The van der Waals surface area contributed by atoms with Gasteiger partial charge in [0.05, 0.1) is 28.8 Å². The van der Waals surface area contributed by atoms with Gasteiger partial charge in [-0.3, -0.25) is 9.59 Å². The fraction of sp³-hybridized carbons (Fsp3) is 0.391. The van der Waals surface area contributed by atoms with Crippen molar-refractivity contribution >= 4 is 34.2 Å². The van der Waals surface area contributed by atoms with Crippen LogP contribution in [0, 0.1) is 12.8 Å². The maximum absolute atomic E-state index is 12.5. The summed E-state index contributed by atoms with van der Waals surface area (Å²) >= 11 is 1.47. The lowest BCUT2D eigenvalue weighted by Crippen LogP contribution is -2.42. The SMILES string of the molecule is CCOC(=O)C1CCN(C(=O)COc2ccc3cc(-c4csc(C)n4)c(=O)oc3c2)CC1. The van der Waals surface area contributed by atoms with Gasteiger partial charge < -0.3 is 18.8 Å². The largest absolute Gasteiger partial charge is 0.484 e. The molecule has 1 aromatic carbocycles. The number of hydrogen-bond donors (Lipinski definition) is 0. The van der Waals surface area contributed by atoms with Gasteiger partial charge in [0, 0.05) is 29.9 Å². The molecule has 32 heavy (non-hydrogen) atoms. The fourth-order valence-corrected chi connectivity index (χ4v) is 4.32. The van der Waals surface area contributed by atoms with E-state index in [2.05, 4.69) is 4.98 Å². The molecule has 8 nitrogen and oxygen atoms in total. The van der Waals surface area contributed by atoms with E-state index in [9.17, 15) is 14.4 Å². The van der Waals surface area contributed by atoms with E-state index in [-0.39, 0.29) is 24.4 Å². The van der Waals surface area contributed by atoms with Gasteiger partial charge in [-0.15, -0.1) is 11.3 Å². The second-order valence-corrected chi connectivity index (χ2v) is 8.66. The molecule has 1 aliphatic rings. The number of aromatic nitrogens is 1. The number of rotatable bonds is 6. The summed E-state index contributed by atoms with van der Waals surface area (Å²) in [7, 11) is 0. The average Bonchev–Trinajstić information content (AvgIpc) is 3.23. The van der Waals surface area contributed by atoms with Crippen LogP contribution in [0.15, 0.2) is 38.9 Å². The number of esters is 1. The minimum atomic E-state index is -0.472. The lowest BCUT2D eigenvalue weighted by Gasteiger charge is -2.30. The first-order chi connectivity index (χ1) is 15.4. The van der Waals surface area contributed by atoms with Crippen LogP contribution in [0.2, 0.25) is 0 Å². The van der Waals surface area contributed by atoms with Gasteiger partial charge in [-0.05, 0) is 44.9 Å². The standard InChI is InChI=1S/C23H24N2O6S/c1-3-29-22(27)15-6-8-25(9-7-15)21(26)12-30-17-5-4-16-10-18(19-13-32-14(2)24-19)23(28)31-20(16)11-17/h4-5,10-11,13,15H,3,6-9,12H2,1-2H3. The van der Waals surface area contributed by atoms with Crippen molar-refractivity contribution in [2.45, 2.75) is 26.7 Å². The molecule has 1 amide bonds. The Kier molecular flexibility index (Phi) is 6.55. The molecule has 0 radical (unpaired) electrons. The van der Waals surface area contributed by atoms with Crippen molar-refractivity contribution in [3.8, 4) is 17.0 Å². The van der Waals surface area contributed by atoms with Crippen LogP contribution in [0.25, 0.3) is 22.2 Å². The van der Waals surface area contributed by atoms with Crippen LogP contribution < -0.4 is 10.4 Å². The summed E-state index contributed by atoms with van der Waals surface area (Å²) in [5.41, 5.74) is 0.920. The van der Waals surface area contributed by atoms with Crippen LogP contribution in [0.3, 0.4) is 0 Å². The zero-order valence-corrected chi connectivity index (χ0v) is 18.8. The third-order valence-corrected chi connectivity index (χ3v) is 6.21. The maximum atomic E-state index is 12.5. The number of fused-ring (bicyclic) bond motifs is 1. The molecule has 0 aliphatic carbocycles. The van der Waals surface area contributed by atoms with E-state index in [1.807, 2.05) is 12.3 Å². The zero-order chi connectivity index (χ0) is 22.7. The monoisotopic (exact) mass is 456 g/mol. The molecule has 0 atom stereocenters. The molecule has 0 N–H and O–H groups in total. The number of aryl methyl sites for hydroxylation is 1. The molecule has 2 aromatic heterocycles. The number of ether oxygens (including phenoxy) is 2. The van der Waals surface area contributed by atoms with E-state index in [1.54, 1.807) is 36.1 Å². The van der Waals surface area contributed by atoms with Crippen molar-refractivity contribution < 1.29 is 23.5 Å². The Hall–Kier alpha value is -3.20. The second-order valence-electron chi connectivity index (χ2n) is 7.59. The van der Waals surface area contributed by atoms with E-state index in [0.29, 0.717) is 55.1 Å². The van der Waals surface area contributed by atoms with Crippen molar-refractivity contribution in [1.29, 1.82) is 0 Å². The summed E-state index contributed by atoms with van der Waals surface area (Å²) in [6, 6.07) is 6.87. The molecule has 9 heteroatoms. The highest BCUT2D eigenvalue weighted by atomic mass is 32.1. The Balaban J connectivity index is 1.38. The summed E-state index contributed by atoms with van der Waals surface area (Å²) in [5, 5.41) is 3.44. The maximum Gasteiger partial charge on any atom is 0.345 e. The molecule has 1 fully saturated rings. The fourth-order valence-electron chi connectivity index (χ4n) is 3.71. The number of carbonyl (C=O) groups is 2. The number of benzene rings is 1. The molecule has 0 unspecified atom stereocenters. The lowest BCUT2D eigenvalue weighted by atomic mass is 9.97. The smallest absolute Gasteiger partial charge is 0.345 e. The van der Waals surface area contributed by atoms with Crippen LogP contribution in [0.1, 0.15) is 24.8 Å². The van der Waals surface area contributed by atoms with Gasteiger partial charge in [-0.2, -0.15) is 0 Å². The third kappa shape index (κ3) is 4.83. The van der Waals surface area contributed by atoms with Gasteiger partial charge >= 0.3 is 11.6 Å². The van der Waals surface area contributed by atoms with E-state index in [4.69, 9.17) is 13.9 Å². The number of hydrogen-bond acceptors (Lipinski definition) is 8. The first kappa shape index (κ1) is 22.0. The zero-order valence-electron chi connectivity index (χ0n) is 18.0. The minimum absolute atomic E-state index is 0.129. The van der Waals surface area contributed by atoms with E-state index in [1.165, 1.54) is 11.3 Å². The van der Waals surface area contributed by atoms with E-state index >= 15 is 0 Å². The third-order valence-electron chi connectivity index (χ3n) is 5.43. The molecular formula is C23H24N2O6S. The molecule has 0 spiro atoms. The number of nitrogens with zero attached hydrogens (tertiary/aromatic N) is 2. The van der Waals surface area contributed by atoms with Crippen molar-refractivity contribution in [2.75, 3.05) is 26.3 Å². The first-order valence-electron chi connectivity index (χ1n) is 10.5. The van der Waals surface area contributed by atoms with Crippen LogP contribution in [-0.4, -0.2) is 48.1 Å². The number of likely N-dealkylation sites (tertiary alicyclic amines) is 1. The minimum Gasteiger partial charge on any atom is -0.484 e. The normalized spacial score (nSPS) is 14.5. The van der Waals surface area contributed by atoms with Crippen molar-refractivity contribution in [3.05, 3.63) is 45.1 Å². The average molecular weight is 457 g/mol. The Labute approximate surface area is 188 Å². The molecule has 3 heterocycles. The van der Waals surface area contributed by atoms with Crippen molar-refractivity contribution in [3.63, 3.8) is 0 Å². The molecule has 1 saturated heterocycles. The topological polar surface area (TPSA) is 98.9 Å². The highest BCUT2D eigenvalue weighted by Gasteiger charge is 2.28. The van der Waals surface area contributed by atoms with Crippen molar-refractivity contribution in [2.24, 2.45) is 5.92 Å². The highest BCUT2D eigenvalue weighted by molar-refractivity contribution is 7.09. The van der Waals surface area contributed by atoms with Crippen molar-refractivity contribution in [1.82, 2.24) is 9.88 Å². The molecule has 1 aliphatic heterocycles. The molecule has 4 rings (SSSR count). The van der Waals surface area contributed by atoms with Gasteiger partial charge in [-0.25, -0.2) is 9.78 Å². The predicted octanol–water partition coefficient (Wildman–Crippen LogP) is 3.41. The molecule has 0 saturated carbocycles. The van der Waals surface area contributed by atoms with Gasteiger partial charge in [0.2, 0.25) is 0 Å². The molecule has 168 valence electrons. The van der Waals surface area contributed by atoms with E-state index < -0.39 is 5.63 Å². The predicted molar refractivity (Wildman–Crippen MR) is 120 cm³/mol. The summed E-state index contributed by atoms with van der Waals surface area (Å²) < 4.78 is 16.2. The second kappa shape index (κ2) is 9.52. The highest BCUT2D eigenvalue weighted by Crippen LogP contribution is 2.25. The van der Waals surface area contributed by atoms with Crippen LogP contribution in [-0.2, 0) is 14.3 Å². The summed E-state index contributed by atoms with van der Waals surface area (Å²) in [4.78, 5) is 42.8. The van der Waals surface area contributed by atoms with Gasteiger partial charge in [0.1, 0.15) is 11.3 Å². The summed E-state index contributed by atoms with van der Waals surface area (Å²) in [6.45, 7) is 4.89. The Morgan fingerprint density at radius 1 is 1.25 bits per heavy atom. The van der Waals surface area contributed by atoms with E-state index in [0.717, 1.165) is 10.4 Å². The van der Waals surface area contributed by atoms with Crippen LogP contribution in [0.5, 0.6) is 5.75 Å². The lowest BCUT2D eigenvalue weighted by molar-refractivity contribution is -0.151. The van der Waals surface area contributed by atoms with Crippen LogP contribution in [0.4, 0.5) is 0 Å². The number of thiazole rings is 1. The Morgan fingerprint density at radius 3 is 2.72 bits per heavy atom. The van der Waals surface area contributed by atoms with Gasteiger partial charge in [-0.1, -0.05) is 0 Å². The van der Waals surface area contributed by atoms with Gasteiger partial charge in [0.25, 0.3) is 5.91 Å². The number of amides is 1.